The summed E-state index contributed by atoms with van der Waals surface area (Å²) >= 11 is 3.89. The van der Waals surface area contributed by atoms with Gasteiger partial charge in [0.15, 0.2) is 0 Å². The third kappa shape index (κ3) is 4.44. The fourth-order valence-electron chi connectivity index (χ4n) is 3.00. The summed E-state index contributed by atoms with van der Waals surface area (Å²) < 4.78 is 0.484. The van der Waals surface area contributed by atoms with Crippen molar-refractivity contribution >= 4 is 35.3 Å². The zero-order valence-electron chi connectivity index (χ0n) is 13.0. The topological polar surface area (TPSA) is 58.2 Å². The lowest BCUT2D eigenvalue weighted by Crippen LogP contribution is -2.44. The van der Waals surface area contributed by atoms with Crippen molar-refractivity contribution in [3.8, 4) is 0 Å². The van der Waals surface area contributed by atoms with Crippen LogP contribution in [-0.4, -0.2) is 23.3 Å². The molecule has 1 saturated heterocycles. The molecule has 0 atom stereocenters. The lowest BCUT2D eigenvalue weighted by molar-refractivity contribution is -0.126. The molecule has 1 aromatic rings. The van der Waals surface area contributed by atoms with Gasteiger partial charge in [0.2, 0.25) is 5.91 Å². The van der Waals surface area contributed by atoms with Gasteiger partial charge in [0.25, 0.3) is 5.91 Å². The molecular formula is C17H22N2O2S2. The Hall–Kier alpha value is -1.14. The van der Waals surface area contributed by atoms with E-state index in [1.165, 1.54) is 23.5 Å². The standard InChI is InChI=1S/C17H22N2O2S2/c20-15(12-4-2-1-3-5-12)18-19-16(21)13-6-8-14(9-7-13)17-22-10-11-23-17/h6-9,12,17H,1-5,10-11H2,(H,18,20)(H,19,21). The van der Waals surface area contributed by atoms with Crippen LogP contribution in [0.1, 0.15) is 52.6 Å². The first-order valence-corrected chi connectivity index (χ1v) is 10.3. The molecule has 1 aromatic carbocycles. The molecule has 2 aliphatic rings. The second-order valence-corrected chi connectivity index (χ2v) is 8.70. The highest BCUT2D eigenvalue weighted by atomic mass is 32.2. The fourth-order valence-corrected chi connectivity index (χ4v) is 5.86. The predicted molar refractivity (Wildman–Crippen MR) is 96.3 cm³/mol. The Morgan fingerprint density at radius 2 is 1.57 bits per heavy atom. The van der Waals surface area contributed by atoms with Gasteiger partial charge in [-0.1, -0.05) is 31.4 Å². The Kier molecular flexibility index (Phi) is 5.89. The summed E-state index contributed by atoms with van der Waals surface area (Å²) in [6, 6.07) is 7.68. The Balaban J connectivity index is 1.50. The van der Waals surface area contributed by atoms with Crippen LogP contribution in [0.25, 0.3) is 0 Å². The molecule has 2 amide bonds. The van der Waals surface area contributed by atoms with Crippen LogP contribution in [-0.2, 0) is 4.79 Å². The summed E-state index contributed by atoms with van der Waals surface area (Å²) in [6.07, 6.45) is 5.26. The lowest BCUT2D eigenvalue weighted by atomic mass is 9.89. The molecule has 1 aliphatic heterocycles. The van der Waals surface area contributed by atoms with E-state index < -0.39 is 0 Å². The lowest BCUT2D eigenvalue weighted by Gasteiger charge is -2.20. The van der Waals surface area contributed by atoms with Crippen molar-refractivity contribution in [2.24, 2.45) is 5.92 Å². The summed E-state index contributed by atoms with van der Waals surface area (Å²) in [5, 5.41) is 0. The fraction of sp³-hybridized carbons (Fsp3) is 0.529. The van der Waals surface area contributed by atoms with Crippen molar-refractivity contribution in [1.29, 1.82) is 0 Å². The number of carbonyl (C=O) groups excluding carboxylic acids is 2. The zero-order valence-corrected chi connectivity index (χ0v) is 14.7. The second-order valence-electron chi connectivity index (χ2n) is 5.97. The Morgan fingerprint density at radius 1 is 0.913 bits per heavy atom. The van der Waals surface area contributed by atoms with E-state index in [4.69, 9.17) is 0 Å². The van der Waals surface area contributed by atoms with Crippen molar-refractivity contribution in [2.45, 2.75) is 36.7 Å². The first-order valence-electron chi connectivity index (χ1n) is 8.17. The molecule has 2 fully saturated rings. The van der Waals surface area contributed by atoms with Gasteiger partial charge in [-0.05, 0) is 30.5 Å². The molecule has 1 aliphatic carbocycles. The number of benzene rings is 1. The predicted octanol–water partition coefficient (Wildman–Crippen LogP) is 3.51. The van der Waals surface area contributed by atoms with Crippen LogP contribution in [0, 0.1) is 5.92 Å². The van der Waals surface area contributed by atoms with Gasteiger partial charge in [-0.15, -0.1) is 23.5 Å². The number of amides is 2. The number of hydrogen-bond acceptors (Lipinski definition) is 4. The van der Waals surface area contributed by atoms with E-state index >= 15 is 0 Å². The van der Waals surface area contributed by atoms with E-state index in [0.717, 1.165) is 25.7 Å². The van der Waals surface area contributed by atoms with Gasteiger partial charge in [-0.25, -0.2) is 0 Å². The Bertz CT molecular complexity index is 550. The summed E-state index contributed by atoms with van der Waals surface area (Å²) in [5.74, 6) is 2.10. The molecule has 2 N–H and O–H groups in total. The quantitative estimate of drug-likeness (QED) is 0.819. The van der Waals surface area contributed by atoms with Crippen molar-refractivity contribution in [3.63, 3.8) is 0 Å². The minimum atomic E-state index is -0.257. The molecule has 0 bridgehead atoms. The first kappa shape index (κ1) is 16.7. The van der Waals surface area contributed by atoms with Gasteiger partial charge in [0, 0.05) is 23.0 Å². The number of nitrogens with one attached hydrogen (secondary N) is 2. The number of hydrazine groups is 1. The van der Waals surface area contributed by atoms with Crippen molar-refractivity contribution in [1.82, 2.24) is 10.9 Å². The smallest absolute Gasteiger partial charge is 0.269 e. The van der Waals surface area contributed by atoms with E-state index in [-0.39, 0.29) is 17.7 Å². The largest absolute Gasteiger partial charge is 0.273 e. The number of hydrogen-bond donors (Lipinski definition) is 2. The van der Waals surface area contributed by atoms with Gasteiger partial charge in [-0.3, -0.25) is 20.4 Å². The molecule has 124 valence electrons. The van der Waals surface area contributed by atoms with Crippen LogP contribution in [0.4, 0.5) is 0 Å². The van der Waals surface area contributed by atoms with Crippen molar-refractivity contribution < 1.29 is 9.59 Å². The maximum atomic E-state index is 12.1. The van der Waals surface area contributed by atoms with Crippen LogP contribution in [0.15, 0.2) is 24.3 Å². The number of carbonyl (C=O) groups is 2. The average molecular weight is 351 g/mol. The molecule has 1 saturated carbocycles. The molecule has 0 spiro atoms. The van der Waals surface area contributed by atoms with E-state index in [1.807, 2.05) is 47.8 Å². The molecule has 0 aromatic heterocycles. The summed E-state index contributed by atoms with van der Waals surface area (Å²) in [6.45, 7) is 0. The average Bonchev–Trinajstić information content (AvgIpc) is 3.15. The SMILES string of the molecule is O=C(NNC(=O)C1CCCCC1)c1ccc(C2SCCS2)cc1. The summed E-state index contributed by atoms with van der Waals surface area (Å²) in [7, 11) is 0. The molecule has 23 heavy (non-hydrogen) atoms. The van der Waals surface area contributed by atoms with E-state index in [1.54, 1.807) is 0 Å². The molecule has 0 radical (unpaired) electrons. The van der Waals surface area contributed by atoms with Crippen LogP contribution in [0.5, 0.6) is 0 Å². The van der Waals surface area contributed by atoms with Crippen LogP contribution in [0.3, 0.4) is 0 Å². The number of rotatable bonds is 3. The van der Waals surface area contributed by atoms with Crippen LogP contribution < -0.4 is 10.9 Å². The third-order valence-corrected chi connectivity index (χ3v) is 7.45. The Labute approximate surface area is 145 Å². The molecule has 3 rings (SSSR count). The second kappa shape index (κ2) is 8.11. The normalized spacial score (nSPS) is 19.5. The minimum absolute atomic E-state index is 0.0443. The molecule has 1 heterocycles. The number of thioether (sulfide) groups is 2. The molecule has 0 unspecified atom stereocenters. The summed E-state index contributed by atoms with van der Waals surface area (Å²) in [5.41, 5.74) is 6.93. The maximum Gasteiger partial charge on any atom is 0.269 e. The molecular weight excluding hydrogens is 328 g/mol. The van der Waals surface area contributed by atoms with Crippen molar-refractivity contribution in [2.75, 3.05) is 11.5 Å². The van der Waals surface area contributed by atoms with Crippen molar-refractivity contribution in [3.05, 3.63) is 35.4 Å². The zero-order chi connectivity index (χ0) is 16.1. The minimum Gasteiger partial charge on any atom is -0.273 e. The van der Waals surface area contributed by atoms with E-state index in [9.17, 15) is 9.59 Å². The Morgan fingerprint density at radius 3 is 2.22 bits per heavy atom. The van der Waals surface area contributed by atoms with E-state index in [0.29, 0.717) is 10.1 Å². The monoisotopic (exact) mass is 350 g/mol. The van der Waals surface area contributed by atoms with Gasteiger partial charge >= 0.3 is 0 Å². The van der Waals surface area contributed by atoms with Gasteiger partial charge < -0.3 is 0 Å². The highest BCUT2D eigenvalue weighted by Gasteiger charge is 2.22. The first-order chi connectivity index (χ1) is 11.2. The van der Waals surface area contributed by atoms with Gasteiger partial charge in [0.1, 0.15) is 0 Å². The van der Waals surface area contributed by atoms with Crippen LogP contribution >= 0.6 is 23.5 Å². The maximum absolute atomic E-state index is 12.1. The summed E-state index contributed by atoms with van der Waals surface area (Å²) in [4.78, 5) is 24.2. The third-order valence-electron chi connectivity index (χ3n) is 4.34. The highest BCUT2D eigenvalue weighted by molar-refractivity contribution is 8.19. The van der Waals surface area contributed by atoms with Crippen LogP contribution in [0.2, 0.25) is 0 Å². The van der Waals surface area contributed by atoms with Gasteiger partial charge in [-0.2, -0.15) is 0 Å². The molecule has 6 heteroatoms. The van der Waals surface area contributed by atoms with E-state index in [2.05, 4.69) is 10.9 Å². The molecule has 4 nitrogen and oxygen atoms in total. The highest BCUT2D eigenvalue weighted by Crippen LogP contribution is 2.45. The van der Waals surface area contributed by atoms with Gasteiger partial charge in [0.05, 0.1) is 4.58 Å².